The molecule has 0 spiro atoms. The molecule has 3 atom stereocenters. The summed E-state index contributed by atoms with van der Waals surface area (Å²) in [5.41, 5.74) is 4.82. The topological polar surface area (TPSA) is 164 Å². The second-order valence-corrected chi connectivity index (χ2v) is 13.3. The SMILES string of the molecule is Cc1nn(CCNC(=O)[C@@H]2CC(=O)N[C@@H](Cc3ccccc3)C(=O)N(C)CC(=O)N[C@H](Cc3ccccc3)COc3ccccc3C(=O)N2)c(C)c1C. The molecule has 3 aromatic carbocycles. The van der Waals surface area contributed by atoms with Gasteiger partial charge in [0.1, 0.15) is 24.4 Å². The Morgan fingerprint density at radius 3 is 2.13 bits per heavy atom. The molecule has 5 amide bonds. The summed E-state index contributed by atoms with van der Waals surface area (Å²) in [5, 5.41) is 15.9. The van der Waals surface area contributed by atoms with Crippen molar-refractivity contribution in [1.29, 1.82) is 0 Å². The number of nitrogens with one attached hydrogen (secondary N) is 4. The van der Waals surface area contributed by atoms with E-state index in [9.17, 15) is 24.0 Å². The number of amides is 5. The van der Waals surface area contributed by atoms with Crippen LogP contribution in [0, 0.1) is 20.8 Å². The second-order valence-electron chi connectivity index (χ2n) is 13.3. The summed E-state index contributed by atoms with van der Waals surface area (Å²) in [6.45, 7) is 6.15. The van der Waals surface area contributed by atoms with Crippen LogP contribution < -0.4 is 26.0 Å². The first-order valence-corrected chi connectivity index (χ1v) is 17.7. The van der Waals surface area contributed by atoms with Crippen molar-refractivity contribution in [3.63, 3.8) is 0 Å². The number of carbonyl (C=O) groups excluding carboxylic acids is 5. The summed E-state index contributed by atoms with van der Waals surface area (Å²) in [6, 6.07) is 22.4. The van der Waals surface area contributed by atoms with Crippen molar-refractivity contribution in [3.05, 3.63) is 119 Å². The molecule has 0 unspecified atom stereocenters. The van der Waals surface area contributed by atoms with E-state index in [2.05, 4.69) is 26.4 Å². The molecule has 0 saturated carbocycles. The van der Waals surface area contributed by atoms with Crippen molar-refractivity contribution in [2.24, 2.45) is 0 Å². The minimum atomic E-state index is -1.30. The maximum Gasteiger partial charge on any atom is 0.255 e. The summed E-state index contributed by atoms with van der Waals surface area (Å²) < 4.78 is 7.95. The number of ether oxygens (including phenoxy) is 1. The van der Waals surface area contributed by atoms with Crippen LogP contribution >= 0.6 is 0 Å². The highest BCUT2D eigenvalue weighted by Gasteiger charge is 2.31. The van der Waals surface area contributed by atoms with Crippen molar-refractivity contribution >= 4 is 29.5 Å². The fourth-order valence-electron chi connectivity index (χ4n) is 6.20. The Kier molecular flexibility index (Phi) is 13.0. The van der Waals surface area contributed by atoms with E-state index in [0.717, 1.165) is 28.1 Å². The monoisotopic (exact) mass is 721 g/mol. The average molecular weight is 722 g/mol. The molecule has 0 fully saturated rings. The van der Waals surface area contributed by atoms with E-state index in [1.807, 2.05) is 81.4 Å². The Morgan fingerprint density at radius 1 is 0.830 bits per heavy atom. The van der Waals surface area contributed by atoms with Gasteiger partial charge in [-0.25, -0.2) is 0 Å². The quantitative estimate of drug-likeness (QED) is 0.217. The molecule has 4 N–H and O–H groups in total. The summed E-state index contributed by atoms with van der Waals surface area (Å²) in [5.74, 6) is -2.52. The van der Waals surface area contributed by atoms with Gasteiger partial charge in [-0.1, -0.05) is 72.8 Å². The minimum absolute atomic E-state index is 0.00890. The molecule has 1 aliphatic heterocycles. The first kappa shape index (κ1) is 38.3. The van der Waals surface area contributed by atoms with Gasteiger partial charge in [-0.2, -0.15) is 5.10 Å². The lowest BCUT2D eigenvalue weighted by atomic mass is 10.0. The molecule has 1 aromatic heterocycles. The maximum absolute atomic E-state index is 13.9. The zero-order valence-electron chi connectivity index (χ0n) is 30.6. The van der Waals surface area contributed by atoms with Crippen molar-refractivity contribution in [3.8, 4) is 5.75 Å². The van der Waals surface area contributed by atoms with Crippen LogP contribution in [0.4, 0.5) is 0 Å². The Hall–Kier alpha value is -5.98. The molecule has 13 heteroatoms. The van der Waals surface area contributed by atoms with Crippen LogP contribution in [0.2, 0.25) is 0 Å². The highest BCUT2D eigenvalue weighted by Crippen LogP contribution is 2.20. The second kappa shape index (κ2) is 18.0. The molecule has 0 saturated heterocycles. The predicted molar refractivity (Wildman–Crippen MR) is 199 cm³/mol. The average Bonchev–Trinajstić information content (AvgIpc) is 3.39. The van der Waals surface area contributed by atoms with Gasteiger partial charge in [0.15, 0.2) is 0 Å². The van der Waals surface area contributed by atoms with E-state index in [4.69, 9.17) is 4.74 Å². The Labute approximate surface area is 309 Å². The Morgan fingerprint density at radius 2 is 1.47 bits per heavy atom. The largest absolute Gasteiger partial charge is 0.491 e. The number of aromatic nitrogens is 2. The number of carbonyl (C=O) groups is 5. The molecule has 4 aromatic rings. The summed E-state index contributed by atoms with van der Waals surface area (Å²) in [6.07, 6.45) is 0.104. The molecule has 53 heavy (non-hydrogen) atoms. The fraction of sp³-hybridized carbons (Fsp3) is 0.350. The van der Waals surface area contributed by atoms with Crippen LogP contribution in [-0.2, 0) is 38.6 Å². The lowest BCUT2D eigenvalue weighted by Crippen LogP contribution is -2.54. The highest BCUT2D eigenvalue weighted by molar-refractivity contribution is 6.01. The molecule has 0 bridgehead atoms. The molecule has 0 radical (unpaired) electrons. The number of likely N-dealkylation sites (N-methyl/N-ethyl adjacent to an activating group) is 1. The van der Waals surface area contributed by atoms with Crippen LogP contribution in [-0.4, -0.2) is 89.1 Å². The summed E-state index contributed by atoms with van der Waals surface area (Å²) in [7, 11) is 1.50. The minimum Gasteiger partial charge on any atom is -0.491 e. The third kappa shape index (κ3) is 10.5. The Bertz CT molecular complexity index is 1910. The van der Waals surface area contributed by atoms with E-state index in [1.54, 1.807) is 28.9 Å². The number of benzene rings is 3. The van der Waals surface area contributed by atoms with Crippen molar-refractivity contribution in [1.82, 2.24) is 35.9 Å². The van der Waals surface area contributed by atoms with E-state index in [1.165, 1.54) is 11.9 Å². The normalized spacial score (nSPS) is 18.9. The van der Waals surface area contributed by atoms with Crippen LogP contribution in [0.1, 0.15) is 44.9 Å². The van der Waals surface area contributed by atoms with Gasteiger partial charge in [-0.3, -0.25) is 28.7 Å². The van der Waals surface area contributed by atoms with Gasteiger partial charge in [-0.05, 0) is 56.0 Å². The first-order valence-electron chi connectivity index (χ1n) is 17.7. The molecular weight excluding hydrogens is 674 g/mol. The fourth-order valence-corrected chi connectivity index (χ4v) is 6.20. The standard InChI is InChI=1S/C40H47N7O6/c1-26-27(2)45-47(28(26)3)20-19-41-39(51)33-23-36(48)43-34(22-30-15-9-6-10-16-30)40(52)46(4)24-37(49)42-31(21-29-13-7-5-8-14-29)25-53-35-18-12-11-17-32(35)38(50)44-33/h5-18,31,33-34H,19-25H2,1-4H3,(H,41,51)(H,42,49)(H,43,48)(H,44,50)/t31-,33+,34+/m1/s1. The van der Waals surface area contributed by atoms with Crippen LogP contribution in [0.15, 0.2) is 84.9 Å². The van der Waals surface area contributed by atoms with E-state index < -0.39 is 54.1 Å². The number of aryl methyl sites for hydroxylation is 1. The molecule has 5 rings (SSSR count). The lowest BCUT2D eigenvalue weighted by molar-refractivity contribution is -0.138. The van der Waals surface area contributed by atoms with Gasteiger partial charge < -0.3 is 30.9 Å². The van der Waals surface area contributed by atoms with Gasteiger partial charge in [-0.15, -0.1) is 0 Å². The van der Waals surface area contributed by atoms with Gasteiger partial charge in [0.2, 0.25) is 23.6 Å². The number of fused-ring (bicyclic) bond motifs is 1. The van der Waals surface area contributed by atoms with E-state index in [-0.39, 0.29) is 37.4 Å². The zero-order chi connectivity index (χ0) is 37.9. The van der Waals surface area contributed by atoms with Crippen molar-refractivity contribution in [2.75, 3.05) is 26.7 Å². The van der Waals surface area contributed by atoms with Gasteiger partial charge in [0.05, 0.1) is 36.8 Å². The number of nitrogens with zero attached hydrogens (tertiary/aromatic N) is 3. The zero-order valence-corrected chi connectivity index (χ0v) is 30.6. The number of para-hydroxylation sites is 1. The van der Waals surface area contributed by atoms with Gasteiger partial charge in [0.25, 0.3) is 5.91 Å². The molecular formula is C40H47N7O6. The number of hydrogen-bond donors (Lipinski definition) is 4. The first-order chi connectivity index (χ1) is 25.5. The van der Waals surface area contributed by atoms with Crippen LogP contribution in [0.3, 0.4) is 0 Å². The lowest BCUT2D eigenvalue weighted by Gasteiger charge is -2.26. The molecule has 1 aliphatic rings. The van der Waals surface area contributed by atoms with E-state index in [0.29, 0.717) is 13.0 Å². The van der Waals surface area contributed by atoms with Crippen LogP contribution in [0.25, 0.3) is 0 Å². The van der Waals surface area contributed by atoms with E-state index >= 15 is 0 Å². The van der Waals surface area contributed by atoms with Crippen LogP contribution in [0.5, 0.6) is 5.75 Å². The molecule has 278 valence electrons. The summed E-state index contributed by atoms with van der Waals surface area (Å²) in [4.78, 5) is 69.7. The molecule has 13 nitrogen and oxygen atoms in total. The number of rotatable bonds is 8. The molecule has 2 heterocycles. The maximum atomic E-state index is 13.9. The third-order valence-corrected chi connectivity index (χ3v) is 9.31. The smallest absolute Gasteiger partial charge is 0.255 e. The summed E-state index contributed by atoms with van der Waals surface area (Å²) >= 11 is 0. The van der Waals surface area contributed by atoms with Crippen molar-refractivity contribution < 1.29 is 28.7 Å². The Balaban J connectivity index is 1.43. The predicted octanol–water partition coefficient (Wildman–Crippen LogP) is 2.42. The third-order valence-electron chi connectivity index (χ3n) is 9.31. The number of hydrogen-bond acceptors (Lipinski definition) is 7. The molecule has 0 aliphatic carbocycles. The van der Waals surface area contributed by atoms with Gasteiger partial charge in [0, 0.05) is 25.7 Å². The van der Waals surface area contributed by atoms with Crippen molar-refractivity contribution in [2.45, 2.75) is 64.7 Å². The van der Waals surface area contributed by atoms with Gasteiger partial charge >= 0.3 is 0 Å². The highest BCUT2D eigenvalue weighted by atomic mass is 16.5.